The minimum Gasteiger partial charge on any atom is -0.391 e. The molecule has 2 rings (SSSR count). The summed E-state index contributed by atoms with van der Waals surface area (Å²) in [4.78, 5) is 0. The molecule has 1 aromatic carbocycles. The second kappa shape index (κ2) is 2.82. The van der Waals surface area contributed by atoms with Crippen molar-refractivity contribution in [3.8, 4) is 0 Å². The molecule has 0 radical (unpaired) electrons. The van der Waals surface area contributed by atoms with Crippen LogP contribution in [0, 0.1) is 0 Å². The predicted octanol–water partition coefficient (Wildman–Crippen LogP) is 1.68. The quantitative estimate of drug-likeness (QED) is 0.699. The smallest absolute Gasteiger partial charge is 0.120 e. The number of epoxide rings is 1. The Bertz CT molecular complexity index is 294. The molecule has 1 fully saturated rings. The molecular weight excluding hydrogens is 164 g/mol. The molecule has 3 atom stereocenters. The van der Waals surface area contributed by atoms with E-state index >= 15 is 0 Å². The van der Waals surface area contributed by atoms with Crippen LogP contribution in [-0.2, 0) is 10.3 Å². The van der Waals surface area contributed by atoms with Crippen LogP contribution in [-0.4, -0.2) is 17.3 Å². The molecule has 1 heterocycles. The van der Waals surface area contributed by atoms with Gasteiger partial charge < -0.3 is 9.84 Å². The Morgan fingerprint density at radius 1 is 1.38 bits per heavy atom. The number of hydrogen-bond donors (Lipinski definition) is 1. The molecule has 1 saturated heterocycles. The van der Waals surface area contributed by atoms with E-state index in [0.29, 0.717) is 0 Å². The number of aliphatic hydroxyl groups excluding tert-OH is 1. The fourth-order valence-electron chi connectivity index (χ4n) is 1.79. The maximum absolute atomic E-state index is 9.36. The molecular formula is C11H14O2. The van der Waals surface area contributed by atoms with Crippen molar-refractivity contribution in [3.63, 3.8) is 0 Å². The third-order valence-electron chi connectivity index (χ3n) is 2.64. The van der Waals surface area contributed by atoms with Gasteiger partial charge in [-0.25, -0.2) is 0 Å². The van der Waals surface area contributed by atoms with E-state index in [1.54, 1.807) is 6.92 Å². The molecule has 2 nitrogen and oxygen atoms in total. The number of rotatable bonds is 2. The SMILES string of the molecule is C[C@@H](O)[C@H]1O[C@@]1(C)c1ccccc1. The van der Waals surface area contributed by atoms with Crippen LogP contribution in [0.5, 0.6) is 0 Å². The summed E-state index contributed by atoms with van der Waals surface area (Å²) in [6.45, 7) is 3.78. The summed E-state index contributed by atoms with van der Waals surface area (Å²) < 4.78 is 5.50. The van der Waals surface area contributed by atoms with Crippen molar-refractivity contribution in [2.24, 2.45) is 0 Å². The lowest BCUT2D eigenvalue weighted by atomic mass is 9.95. The molecule has 1 aliphatic rings. The molecule has 0 spiro atoms. The van der Waals surface area contributed by atoms with Crippen LogP contribution in [0.25, 0.3) is 0 Å². The van der Waals surface area contributed by atoms with E-state index in [4.69, 9.17) is 4.74 Å². The van der Waals surface area contributed by atoms with E-state index in [0.717, 1.165) is 5.56 Å². The Balaban J connectivity index is 2.21. The average molecular weight is 178 g/mol. The van der Waals surface area contributed by atoms with E-state index < -0.39 is 6.10 Å². The number of aliphatic hydroxyl groups is 1. The fraction of sp³-hybridized carbons (Fsp3) is 0.455. The molecule has 1 aliphatic heterocycles. The maximum atomic E-state index is 9.36. The van der Waals surface area contributed by atoms with Gasteiger partial charge in [0.05, 0.1) is 6.10 Å². The summed E-state index contributed by atoms with van der Waals surface area (Å²) in [5.74, 6) is 0. The lowest BCUT2D eigenvalue weighted by molar-refractivity contribution is 0.152. The monoisotopic (exact) mass is 178 g/mol. The lowest BCUT2D eigenvalue weighted by Crippen LogP contribution is -2.17. The van der Waals surface area contributed by atoms with E-state index in [-0.39, 0.29) is 11.7 Å². The minimum absolute atomic E-state index is 0.0464. The molecule has 13 heavy (non-hydrogen) atoms. The highest BCUT2D eigenvalue weighted by Crippen LogP contribution is 2.47. The molecule has 0 aromatic heterocycles. The van der Waals surface area contributed by atoms with Gasteiger partial charge in [0.25, 0.3) is 0 Å². The Kier molecular flexibility index (Phi) is 1.90. The third-order valence-corrected chi connectivity index (χ3v) is 2.64. The highest BCUT2D eigenvalue weighted by Gasteiger charge is 2.55. The molecule has 1 N–H and O–H groups in total. The second-order valence-corrected chi connectivity index (χ2v) is 3.75. The van der Waals surface area contributed by atoms with Crippen molar-refractivity contribution >= 4 is 0 Å². The third kappa shape index (κ3) is 1.36. The molecule has 0 saturated carbocycles. The van der Waals surface area contributed by atoms with Gasteiger partial charge in [0.2, 0.25) is 0 Å². The Hall–Kier alpha value is -0.860. The molecule has 0 unspecified atom stereocenters. The largest absolute Gasteiger partial charge is 0.391 e. The zero-order valence-corrected chi connectivity index (χ0v) is 7.90. The first-order valence-electron chi connectivity index (χ1n) is 4.56. The highest BCUT2D eigenvalue weighted by atomic mass is 16.6. The van der Waals surface area contributed by atoms with Crippen LogP contribution in [0.3, 0.4) is 0 Å². The van der Waals surface area contributed by atoms with Crippen molar-refractivity contribution in [3.05, 3.63) is 35.9 Å². The molecule has 0 aliphatic carbocycles. The van der Waals surface area contributed by atoms with Crippen molar-refractivity contribution < 1.29 is 9.84 Å². The van der Waals surface area contributed by atoms with Crippen LogP contribution >= 0.6 is 0 Å². The summed E-state index contributed by atoms with van der Waals surface area (Å²) in [6, 6.07) is 10.0. The van der Waals surface area contributed by atoms with Crippen molar-refractivity contribution in [2.45, 2.75) is 31.7 Å². The van der Waals surface area contributed by atoms with Crippen LogP contribution in [0.1, 0.15) is 19.4 Å². The number of benzene rings is 1. The second-order valence-electron chi connectivity index (χ2n) is 3.75. The van der Waals surface area contributed by atoms with E-state index in [1.165, 1.54) is 0 Å². The first kappa shape index (κ1) is 8.73. The Morgan fingerprint density at radius 2 is 2.00 bits per heavy atom. The molecule has 0 amide bonds. The Labute approximate surface area is 78.2 Å². The van der Waals surface area contributed by atoms with Crippen LogP contribution in [0.2, 0.25) is 0 Å². The average Bonchev–Trinajstić information content (AvgIpc) is 2.82. The van der Waals surface area contributed by atoms with Crippen LogP contribution in [0.4, 0.5) is 0 Å². The topological polar surface area (TPSA) is 32.8 Å². The van der Waals surface area contributed by atoms with Crippen LogP contribution < -0.4 is 0 Å². The normalized spacial score (nSPS) is 34.2. The number of hydrogen-bond acceptors (Lipinski definition) is 2. The molecule has 0 bridgehead atoms. The predicted molar refractivity (Wildman–Crippen MR) is 50.3 cm³/mol. The summed E-state index contributed by atoms with van der Waals surface area (Å²) in [5, 5.41) is 9.36. The van der Waals surface area contributed by atoms with Gasteiger partial charge in [0.15, 0.2) is 0 Å². The lowest BCUT2D eigenvalue weighted by Gasteiger charge is -2.07. The first-order valence-corrected chi connectivity index (χ1v) is 4.56. The van der Waals surface area contributed by atoms with E-state index in [9.17, 15) is 5.11 Å². The first-order chi connectivity index (χ1) is 6.14. The fourth-order valence-corrected chi connectivity index (χ4v) is 1.79. The zero-order chi connectivity index (χ0) is 9.47. The maximum Gasteiger partial charge on any atom is 0.120 e. The summed E-state index contributed by atoms with van der Waals surface area (Å²) in [6.07, 6.45) is -0.444. The van der Waals surface area contributed by atoms with Gasteiger partial charge >= 0.3 is 0 Å². The minimum atomic E-state index is -0.398. The van der Waals surface area contributed by atoms with Crippen molar-refractivity contribution in [1.29, 1.82) is 0 Å². The highest BCUT2D eigenvalue weighted by molar-refractivity contribution is 5.28. The Morgan fingerprint density at radius 3 is 2.46 bits per heavy atom. The molecule has 70 valence electrons. The standard InChI is InChI=1S/C11H14O2/c1-8(12)10-11(2,13-10)9-6-4-3-5-7-9/h3-8,10,12H,1-2H3/t8-,10-,11+/m1/s1. The van der Waals surface area contributed by atoms with Gasteiger partial charge in [-0.1, -0.05) is 30.3 Å². The van der Waals surface area contributed by atoms with Gasteiger partial charge in [0.1, 0.15) is 11.7 Å². The van der Waals surface area contributed by atoms with Gasteiger partial charge in [-0.3, -0.25) is 0 Å². The van der Waals surface area contributed by atoms with Gasteiger partial charge in [-0.15, -0.1) is 0 Å². The van der Waals surface area contributed by atoms with Crippen LogP contribution in [0.15, 0.2) is 30.3 Å². The van der Waals surface area contributed by atoms with E-state index in [2.05, 4.69) is 0 Å². The van der Waals surface area contributed by atoms with Gasteiger partial charge in [-0.2, -0.15) is 0 Å². The summed E-state index contributed by atoms with van der Waals surface area (Å²) >= 11 is 0. The van der Waals surface area contributed by atoms with Gasteiger partial charge in [-0.05, 0) is 19.4 Å². The van der Waals surface area contributed by atoms with Crippen molar-refractivity contribution in [2.75, 3.05) is 0 Å². The summed E-state index contributed by atoms with van der Waals surface area (Å²) in [7, 11) is 0. The molecule has 1 aromatic rings. The van der Waals surface area contributed by atoms with E-state index in [1.807, 2.05) is 37.3 Å². The molecule has 2 heteroatoms. The zero-order valence-electron chi connectivity index (χ0n) is 7.90. The van der Waals surface area contributed by atoms with Gasteiger partial charge in [0, 0.05) is 0 Å². The van der Waals surface area contributed by atoms with Crippen molar-refractivity contribution in [1.82, 2.24) is 0 Å². The summed E-state index contributed by atoms with van der Waals surface area (Å²) in [5.41, 5.74) is 0.871. The number of ether oxygens (including phenoxy) is 1.